The number of nitrogens with one attached hydrogen (secondary N) is 1. The molecule has 1 atom stereocenters. The van der Waals surface area contributed by atoms with Crippen molar-refractivity contribution in [2.24, 2.45) is 4.40 Å². The molecule has 1 N–H and O–H groups in total. The molecular weight excluding hydrogens is 330 g/mol. The molecule has 0 amide bonds. The Morgan fingerprint density at radius 2 is 2.00 bits per heavy atom. The minimum atomic E-state index is -0.911. The highest BCUT2D eigenvalue weighted by Gasteiger charge is 2.36. The molecule has 0 aromatic heterocycles. The van der Waals surface area contributed by atoms with E-state index >= 15 is 0 Å². The van der Waals surface area contributed by atoms with Crippen molar-refractivity contribution in [3.05, 3.63) is 20.6 Å². The number of hydrogen-bond donors (Lipinski definition) is 1. The lowest BCUT2D eigenvalue weighted by Gasteiger charge is -2.17. The summed E-state index contributed by atoms with van der Waals surface area (Å²) in [5.74, 6) is -1.79. The van der Waals surface area contributed by atoms with Crippen LogP contribution < -0.4 is 4.72 Å². The van der Waals surface area contributed by atoms with Gasteiger partial charge in [-0.15, -0.1) is 0 Å². The van der Waals surface area contributed by atoms with Crippen molar-refractivity contribution in [2.75, 3.05) is 0 Å². The molecule has 1 aliphatic carbocycles. The minimum absolute atomic E-state index is 0.0794. The second-order valence-electron chi connectivity index (χ2n) is 2.41. The van der Waals surface area contributed by atoms with Gasteiger partial charge in [0.15, 0.2) is 11.7 Å². The van der Waals surface area contributed by atoms with Crippen LogP contribution in [0.25, 0.3) is 0 Å². The first-order valence-electron chi connectivity index (χ1n) is 3.23. The third kappa shape index (κ3) is 1.42. The van der Waals surface area contributed by atoms with Crippen LogP contribution in [-0.4, -0.2) is 11.8 Å². The van der Waals surface area contributed by atoms with Gasteiger partial charge in [0.2, 0.25) is 0 Å². The third-order valence-corrected chi connectivity index (χ3v) is 3.85. The Hall–Kier alpha value is 0.280. The molecule has 70 valence electrons. The Kier molecular flexibility index (Phi) is 2.61. The average Bonchev–Trinajstić information content (AvgIpc) is 2.59. The Morgan fingerprint density at radius 3 is 2.69 bits per heavy atom. The van der Waals surface area contributed by atoms with Gasteiger partial charge in [-0.2, -0.15) is 0 Å². The van der Waals surface area contributed by atoms with E-state index in [0.717, 1.165) is 12.1 Å². The monoisotopic (exact) mass is 330 g/mol. The van der Waals surface area contributed by atoms with E-state index in [1.807, 2.05) is 0 Å². The summed E-state index contributed by atoms with van der Waals surface area (Å²) in [4.78, 5) is 0. The lowest BCUT2D eigenvalue weighted by atomic mass is 10.1. The van der Waals surface area contributed by atoms with Gasteiger partial charge in [0.25, 0.3) is 0 Å². The first-order chi connectivity index (χ1) is 6.13. The first kappa shape index (κ1) is 9.82. The van der Waals surface area contributed by atoms with E-state index < -0.39 is 11.7 Å². The van der Waals surface area contributed by atoms with Gasteiger partial charge >= 0.3 is 0 Å². The minimum Gasteiger partial charge on any atom is -0.230 e. The van der Waals surface area contributed by atoms with E-state index in [0.29, 0.717) is 5.71 Å². The first-order valence-corrected chi connectivity index (χ1v) is 5.59. The molecule has 1 aliphatic heterocycles. The fourth-order valence-corrected chi connectivity index (χ4v) is 2.96. The zero-order valence-corrected chi connectivity index (χ0v) is 9.93. The fraction of sp³-hybridized carbons (Fsp3) is 0.167. The normalized spacial score (nSPS) is 28.0. The van der Waals surface area contributed by atoms with Gasteiger partial charge in [0, 0.05) is 0 Å². The number of halogens is 4. The predicted molar refractivity (Wildman–Crippen MR) is 56.1 cm³/mol. The largest absolute Gasteiger partial charge is 0.230 e. The van der Waals surface area contributed by atoms with Gasteiger partial charge in [-0.1, -0.05) is 15.9 Å². The zero-order valence-electron chi connectivity index (χ0n) is 5.94. The van der Waals surface area contributed by atoms with Gasteiger partial charge in [0.1, 0.15) is 0 Å². The summed E-state index contributed by atoms with van der Waals surface area (Å²) in [5, 5.41) is 0. The molecule has 0 bridgehead atoms. The lowest BCUT2D eigenvalue weighted by molar-refractivity contribution is 0.535. The van der Waals surface area contributed by atoms with Crippen molar-refractivity contribution in [1.82, 2.24) is 4.72 Å². The van der Waals surface area contributed by atoms with Crippen molar-refractivity contribution in [2.45, 2.75) is 6.04 Å². The summed E-state index contributed by atoms with van der Waals surface area (Å²) >= 11 is 7.00. The van der Waals surface area contributed by atoms with Crippen molar-refractivity contribution in [3.63, 3.8) is 0 Å². The summed E-state index contributed by atoms with van der Waals surface area (Å²) in [6.45, 7) is 0. The molecule has 13 heavy (non-hydrogen) atoms. The molecule has 0 fully saturated rings. The van der Waals surface area contributed by atoms with Crippen molar-refractivity contribution >= 4 is 49.7 Å². The molecule has 2 rings (SSSR count). The summed E-state index contributed by atoms with van der Waals surface area (Å²) in [6.07, 6.45) is 0. The van der Waals surface area contributed by atoms with Crippen LogP contribution >= 0.6 is 44.0 Å². The molecule has 0 saturated carbocycles. The smallest absolute Gasteiger partial charge is 0.175 e. The van der Waals surface area contributed by atoms with E-state index in [9.17, 15) is 8.78 Å². The van der Waals surface area contributed by atoms with Crippen molar-refractivity contribution in [1.29, 1.82) is 0 Å². The van der Waals surface area contributed by atoms with Gasteiger partial charge in [-0.05, 0) is 15.9 Å². The molecule has 2 aliphatic rings. The number of allylic oxidation sites excluding steroid dienone is 2. The summed E-state index contributed by atoms with van der Waals surface area (Å²) < 4.78 is 33.2. The van der Waals surface area contributed by atoms with Crippen LogP contribution in [0.4, 0.5) is 8.78 Å². The van der Waals surface area contributed by atoms with E-state index in [1.54, 1.807) is 0 Å². The molecule has 0 aromatic rings. The highest BCUT2D eigenvalue weighted by molar-refractivity contribution is 9.12. The van der Waals surface area contributed by atoms with Gasteiger partial charge < -0.3 is 0 Å². The second-order valence-corrected chi connectivity index (χ2v) is 4.66. The SMILES string of the molecule is FC1=C(Br)C2=NSNC2C(Br)=C1F. The molecule has 1 heterocycles. The molecule has 1 unspecified atom stereocenters. The summed E-state index contributed by atoms with van der Waals surface area (Å²) in [6, 6.07) is -0.390. The summed E-state index contributed by atoms with van der Waals surface area (Å²) in [7, 11) is 0. The standard InChI is InChI=1S/C6H2Br2F2N2S/c7-1-3(9)4(10)2(8)6-5(1)11-13-12-6/h5,11H. The van der Waals surface area contributed by atoms with E-state index in [1.165, 1.54) is 0 Å². The maximum atomic E-state index is 13.1. The Morgan fingerprint density at radius 1 is 1.31 bits per heavy atom. The summed E-state index contributed by atoms with van der Waals surface area (Å²) in [5.41, 5.74) is 0.468. The number of nitrogens with zero attached hydrogens (tertiary/aromatic N) is 1. The second kappa shape index (κ2) is 3.45. The van der Waals surface area contributed by atoms with Crippen molar-refractivity contribution in [3.8, 4) is 0 Å². The topological polar surface area (TPSA) is 24.4 Å². The van der Waals surface area contributed by atoms with Crippen LogP contribution in [0, 0.1) is 0 Å². The zero-order chi connectivity index (χ0) is 9.59. The maximum Gasteiger partial charge on any atom is 0.175 e. The molecule has 2 nitrogen and oxygen atoms in total. The van der Waals surface area contributed by atoms with E-state index in [4.69, 9.17) is 0 Å². The Labute approximate surface area is 94.1 Å². The molecular formula is C6H2Br2F2N2S. The van der Waals surface area contributed by atoms with Crippen LogP contribution in [0.1, 0.15) is 0 Å². The van der Waals surface area contributed by atoms with Crippen LogP contribution in [-0.2, 0) is 0 Å². The average molecular weight is 332 g/mol. The molecule has 0 aromatic carbocycles. The third-order valence-electron chi connectivity index (χ3n) is 1.66. The Balaban J connectivity index is 2.57. The lowest BCUT2D eigenvalue weighted by Crippen LogP contribution is -2.31. The number of hydrogen-bond acceptors (Lipinski definition) is 3. The molecule has 7 heteroatoms. The highest BCUT2D eigenvalue weighted by Crippen LogP contribution is 2.39. The van der Waals surface area contributed by atoms with Crippen LogP contribution in [0.3, 0.4) is 0 Å². The van der Waals surface area contributed by atoms with E-state index in [2.05, 4.69) is 41.0 Å². The number of fused-ring (bicyclic) bond motifs is 1. The van der Waals surface area contributed by atoms with E-state index in [-0.39, 0.29) is 15.0 Å². The van der Waals surface area contributed by atoms with Crippen LogP contribution in [0.5, 0.6) is 0 Å². The van der Waals surface area contributed by atoms with Gasteiger partial charge in [0.05, 0.1) is 32.9 Å². The molecule has 0 saturated heterocycles. The highest BCUT2D eigenvalue weighted by atomic mass is 79.9. The molecule has 0 radical (unpaired) electrons. The number of rotatable bonds is 0. The van der Waals surface area contributed by atoms with Crippen molar-refractivity contribution < 1.29 is 8.78 Å². The van der Waals surface area contributed by atoms with Crippen LogP contribution in [0.15, 0.2) is 25.0 Å². The van der Waals surface area contributed by atoms with Crippen LogP contribution in [0.2, 0.25) is 0 Å². The predicted octanol–water partition coefficient (Wildman–Crippen LogP) is 3.13. The quantitative estimate of drug-likeness (QED) is 0.690. The maximum absolute atomic E-state index is 13.1. The van der Waals surface area contributed by atoms with Gasteiger partial charge in [-0.25, -0.2) is 17.9 Å². The molecule has 0 spiro atoms. The Bertz CT molecular complexity index is 364. The van der Waals surface area contributed by atoms with Gasteiger partial charge in [-0.3, -0.25) is 0 Å². The fourth-order valence-electron chi connectivity index (χ4n) is 1.02.